The topological polar surface area (TPSA) is 50.8 Å². The average Bonchev–Trinajstić information content (AvgIpc) is 2.24. The van der Waals surface area contributed by atoms with Gasteiger partial charge in [0.25, 0.3) is 0 Å². The molecule has 0 saturated carbocycles. The van der Waals surface area contributed by atoms with Gasteiger partial charge in [-0.3, -0.25) is 0 Å². The van der Waals surface area contributed by atoms with Crippen molar-refractivity contribution >= 4 is 6.09 Å². The first kappa shape index (κ1) is 14.6. The molecule has 2 aliphatic rings. The molecule has 2 saturated heterocycles. The van der Waals surface area contributed by atoms with Gasteiger partial charge >= 0.3 is 6.09 Å². The predicted octanol–water partition coefficient (Wildman–Crippen LogP) is 1.76. The molecule has 110 valence electrons. The van der Waals surface area contributed by atoms with E-state index in [0.29, 0.717) is 19.1 Å². The number of morpholine rings is 1. The molecule has 0 aromatic heterocycles. The second-order valence-corrected chi connectivity index (χ2v) is 6.55. The largest absolute Gasteiger partial charge is 0.444 e. The first-order chi connectivity index (χ1) is 8.86. The van der Waals surface area contributed by atoms with Crippen LogP contribution in [0.25, 0.3) is 0 Å². The molecule has 0 radical (unpaired) electrons. The Hall–Kier alpha value is -0.810. The van der Waals surface area contributed by atoms with Crippen LogP contribution in [0.15, 0.2) is 0 Å². The monoisotopic (exact) mass is 270 g/mol. The summed E-state index contributed by atoms with van der Waals surface area (Å²) in [6.07, 6.45) is 1.97. The van der Waals surface area contributed by atoms with Crippen LogP contribution in [0.1, 0.15) is 40.5 Å². The molecule has 1 unspecified atom stereocenters. The minimum absolute atomic E-state index is 0.189. The molecular weight excluding hydrogens is 244 g/mol. The molecular formula is C14H26N2O3. The van der Waals surface area contributed by atoms with E-state index in [2.05, 4.69) is 12.2 Å². The van der Waals surface area contributed by atoms with Gasteiger partial charge in [-0.1, -0.05) is 13.3 Å². The van der Waals surface area contributed by atoms with Crippen LogP contribution in [-0.2, 0) is 9.47 Å². The van der Waals surface area contributed by atoms with Crippen molar-refractivity contribution < 1.29 is 14.3 Å². The molecule has 0 aliphatic carbocycles. The van der Waals surface area contributed by atoms with Crippen molar-refractivity contribution in [2.24, 2.45) is 0 Å². The summed E-state index contributed by atoms with van der Waals surface area (Å²) in [5.41, 5.74) is -0.626. The Morgan fingerprint density at radius 3 is 2.74 bits per heavy atom. The normalized spacial score (nSPS) is 26.1. The predicted molar refractivity (Wildman–Crippen MR) is 73.2 cm³/mol. The third-order valence-corrected chi connectivity index (χ3v) is 3.66. The van der Waals surface area contributed by atoms with Crippen LogP contribution in [0, 0.1) is 0 Å². The van der Waals surface area contributed by atoms with Crippen LogP contribution in [-0.4, -0.2) is 54.5 Å². The maximum atomic E-state index is 12.0. The van der Waals surface area contributed by atoms with E-state index >= 15 is 0 Å². The van der Waals surface area contributed by atoms with E-state index in [1.807, 2.05) is 20.8 Å². The highest BCUT2D eigenvalue weighted by molar-refractivity contribution is 5.69. The molecule has 5 heteroatoms. The summed E-state index contributed by atoms with van der Waals surface area (Å²) >= 11 is 0. The highest BCUT2D eigenvalue weighted by atomic mass is 16.6. The maximum Gasteiger partial charge on any atom is 0.410 e. The van der Waals surface area contributed by atoms with E-state index in [9.17, 15) is 4.79 Å². The number of likely N-dealkylation sites (tertiary alicyclic amines) is 1. The third kappa shape index (κ3) is 3.20. The van der Waals surface area contributed by atoms with Gasteiger partial charge in [-0.05, 0) is 27.2 Å². The summed E-state index contributed by atoms with van der Waals surface area (Å²) in [6.45, 7) is 10.7. The van der Waals surface area contributed by atoms with Gasteiger partial charge in [0.05, 0.1) is 19.7 Å². The van der Waals surface area contributed by atoms with E-state index in [1.165, 1.54) is 0 Å². The zero-order valence-corrected chi connectivity index (χ0v) is 12.5. The third-order valence-electron chi connectivity index (χ3n) is 3.66. The summed E-state index contributed by atoms with van der Waals surface area (Å²) in [7, 11) is 0. The molecule has 1 N–H and O–H groups in total. The number of amides is 1. The molecule has 0 bridgehead atoms. The zero-order valence-electron chi connectivity index (χ0n) is 12.5. The van der Waals surface area contributed by atoms with Gasteiger partial charge in [-0.2, -0.15) is 0 Å². The molecule has 0 aromatic carbocycles. The van der Waals surface area contributed by atoms with Gasteiger partial charge in [0.1, 0.15) is 11.2 Å². The van der Waals surface area contributed by atoms with Crippen molar-refractivity contribution in [3.05, 3.63) is 0 Å². The van der Waals surface area contributed by atoms with Crippen molar-refractivity contribution in [3.8, 4) is 0 Å². The molecule has 2 rings (SSSR count). The molecule has 19 heavy (non-hydrogen) atoms. The van der Waals surface area contributed by atoms with Gasteiger partial charge in [0.15, 0.2) is 0 Å². The van der Waals surface area contributed by atoms with Gasteiger partial charge < -0.3 is 19.7 Å². The molecule has 2 heterocycles. The molecule has 1 spiro atoms. The Kier molecular flexibility index (Phi) is 4.06. The van der Waals surface area contributed by atoms with Gasteiger partial charge in [-0.25, -0.2) is 4.79 Å². The van der Waals surface area contributed by atoms with Crippen LogP contribution < -0.4 is 5.32 Å². The summed E-state index contributed by atoms with van der Waals surface area (Å²) in [5, 5.41) is 3.52. The molecule has 5 nitrogen and oxygen atoms in total. The number of carbonyl (C=O) groups is 1. The van der Waals surface area contributed by atoms with Gasteiger partial charge in [0.2, 0.25) is 0 Å². The van der Waals surface area contributed by atoms with Crippen LogP contribution >= 0.6 is 0 Å². The Labute approximate surface area is 115 Å². The van der Waals surface area contributed by atoms with E-state index in [1.54, 1.807) is 4.90 Å². The number of ether oxygens (including phenoxy) is 2. The van der Waals surface area contributed by atoms with Crippen molar-refractivity contribution in [3.63, 3.8) is 0 Å². The first-order valence-corrected chi connectivity index (χ1v) is 7.21. The van der Waals surface area contributed by atoms with Crippen LogP contribution in [0.2, 0.25) is 0 Å². The molecule has 2 aliphatic heterocycles. The van der Waals surface area contributed by atoms with Gasteiger partial charge in [-0.15, -0.1) is 0 Å². The summed E-state index contributed by atoms with van der Waals surface area (Å²) in [4.78, 5) is 13.7. The van der Waals surface area contributed by atoms with Crippen molar-refractivity contribution in [1.29, 1.82) is 0 Å². The molecule has 2 fully saturated rings. The molecule has 1 amide bonds. The van der Waals surface area contributed by atoms with E-state index < -0.39 is 5.60 Å². The first-order valence-electron chi connectivity index (χ1n) is 7.21. The minimum Gasteiger partial charge on any atom is -0.444 e. The minimum atomic E-state index is -0.436. The number of nitrogens with zero attached hydrogens (tertiary/aromatic N) is 1. The lowest BCUT2D eigenvalue weighted by Crippen LogP contribution is -2.75. The fraction of sp³-hybridized carbons (Fsp3) is 0.929. The number of hydrogen-bond donors (Lipinski definition) is 1. The zero-order chi connectivity index (χ0) is 14.1. The van der Waals surface area contributed by atoms with Crippen molar-refractivity contribution in [2.75, 3.05) is 26.2 Å². The number of rotatable bonds is 2. The highest BCUT2D eigenvalue weighted by Gasteiger charge is 2.53. The van der Waals surface area contributed by atoms with Crippen LogP contribution in [0.5, 0.6) is 0 Å². The van der Waals surface area contributed by atoms with E-state index in [0.717, 1.165) is 26.0 Å². The number of hydrogen-bond acceptors (Lipinski definition) is 4. The quantitative estimate of drug-likeness (QED) is 0.831. The lowest BCUT2D eigenvalue weighted by Gasteiger charge is -2.55. The lowest BCUT2D eigenvalue weighted by atomic mass is 9.82. The fourth-order valence-electron chi connectivity index (χ4n) is 2.79. The number of carbonyl (C=O) groups excluding carboxylic acids is 1. The lowest BCUT2D eigenvalue weighted by molar-refractivity contribution is -0.175. The van der Waals surface area contributed by atoms with Gasteiger partial charge in [0, 0.05) is 12.6 Å². The Morgan fingerprint density at radius 2 is 2.16 bits per heavy atom. The summed E-state index contributed by atoms with van der Waals surface area (Å²) in [5.74, 6) is 0. The summed E-state index contributed by atoms with van der Waals surface area (Å²) < 4.78 is 11.3. The maximum absolute atomic E-state index is 12.0. The van der Waals surface area contributed by atoms with Crippen LogP contribution in [0.3, 0.4) is 0 Å². The number of nitrogens with one attached hydrogen (secondary N) is 1. The molecule has 1 atom stereocenters. The standard InChI is InChI=1S/C14H26N2O3/c1-5-6-11-14(18-8-7-15-11)9-16(10-14)12(17)19-13(2,3)4/h11,15H,5-10H2,1-4H3. The second kappa shape index (κ2) is 5.29. The SMILES string of the molecule is CCCC1NCCOC12CN(C(=O)OC(C)(C)C)C2. The molecule has 0 aromatic rings. The second-order valence-electron chi connectivity index (χ2n) is 6.55. The highest BCUT2D eigenvalue weighted by Crippen LogP contribution is 2.33. The van der Waals surface area contributed by atoms with Crippen LogP contribution in [0.4, 0.5) is 4.79 Å². The van der Waals surface area contributed by atoms with Crippen molar-refractivity contribution in [2.45, 2.75) is 57.8 Å². The Morgan fingerprint density at radius 1 is 1.47 bits per heavy atom. The van der Waals surface area contributed by atoms with E-state index in [-0.39, 0.29) is 11.7 Å². The summed E-state index contributed by atoms with van der Waals surface area (Å²) in [6, 6.07) is 0.352. The Bertz CT molecular complexity index is 330. The average molecular weight is 270 g/mol. The Balaban J connectivity index is 1.90. The smallest absolute Gasteiger partial charge is 0.410 e. The van der Waals surface area contributed by atoms with E-state index in [4.69, 9.17) is 9.47 Å². The fourth-order valence-corrected chi connectivity index (χ4v) is 2.79. The van der Waals surface area contributed by atoms with Crippen molar-refractivity contribution in [1.82, 2.24) is 10.2 Å².